The molecule has 8 heteroatoms. The van der Waals surface area contributed by atoms with Gasteiger partial charge in [-0.1, -0.05) is 11.6 Å². The van der Waals surface area contributed by atoms with E-state index >= 15 is 0 Å². The second kappa shape index (κ2) is 5.69. The quantitative estimate of drug-likeness (QED) is 0.866. The minimum absolute atomic E-state index is 0.0377. The Labute approximate surface area is 122 Å². The molecule has 0 aliphatic carbocycles. The number of benzene rings is 1. The van der Waals surface area contributed by atoms with E-state index in [-0.39, 0.29) is 21.0 Å². The zero-order valence-corrected chi connectivity index (χ0v) is 12.5. The van der Waals surface area contributed by atoms with E-state index < -0.39 is 16.0 Å². The molecule has 1 aromatic rings. The Morgan fingerprint density at radius 1 is 1.35 bits per heavy atom. The highest BCUT2D eigenvalue weighted by Gasteiger charge is 2.29. The normalized spacial score (nSPS) is 17.1. The molecule has 110 valence electrons. The number of carbonyl (C=O) groups is 1. The molecular weight excluding hydrogens is 304 g/mol. The molecule has 1 aliphatic heterocycles. The van der Waals surface area contributed by atoms with Crippen molar-refractivity contribution in [3.8, 4) is 0 Å². The first-order chi connectivity index (χ1) is 9.34. The lowest BCUT2D eigenvalue weighted by molar-refractivity contribution is 0.0696. The Hall–Kier alpha value is -1.15. The van der Waals surface area contributed by atoms with Gasteiger partial charge in [0.15, 0.2) is 0 Å². The van der Waals surface area contributed by atoms with Crippen molar-refractivity contribution in [3.05, 3.63) is 28.3 Å². The van der Waals surface area contributed by atoms with E-state index in [1.165, 1.54) is 23.4 Å². The van der Waals surface area contributed by atoms with Crippen molar-refractivity contribution >= 4 is 27.6 Å². The van der Waals surface area contributed by atoms with Gasteiger partial charge < -0.3 is 10.4 Å². The molecule has 0 spiro atoms. The van der Waals surface area contributed by atoms with Crippen LogP contribution in [0.1, 0.15) is 15.9 Å². The highest BCUT2D eigenvalue weighted by atomic mass is 35.5. The lowest BCUT2D eigenvalue weighted by Gasteiger charge is -2.27. The van der Waals surface area contributed by atoms with Gasteiger partial charge in [-0.05, 0) is 24.6 Å². The van der Waals surface area contributed by atoms with Crippen LogP contribution in [0.25, 0.3) is 0 Å². The van der Waals surface area contributed by atoms with Gasteiger partial charge in [0.25, 0.3) is 0 Å². The molecule has 0 unspecified atom stereocenters. The third-order valence-electron chi connectivity index (χ3n) is 3.25. The molecular formula is C12H15ClN2O4S. The Balaban J connectivity index is 2.53. The first-order valence-corrected chi connectivity index (χ1v) is 7.90. The molecule has 0 amide bonds. The van der Waals surface area contributed by atoms with Gasteiger partial charge in [0.2, 0.25) is 10.0 Å². The zero-order valence-electron chi connectivity index (χ0n) is 10.9. The largest absolute Gasteiger partial charge is 0.478 e. The number of rotatable bonds is 3. The maximum atomic E-state index is 12.6. The highest BCUT2D eigenvalue weighted by molar-refractivity contribution is 7.89. The molecule has 0 saturated carbocycles. The Morgan fingerprint density at radius 2 is 1.95 bits per heavy atom. The van der Waals surface area contributed by atoms with Crippen molar-refractivity contribution < 1.29 is 18.3 Å². The number of nitrogens with one attached hydrogen (secondary N) is 1. The number of carboxylic acids is 1. The number of sulfonamides is 1. The number of hydrogen-bond donors (Lipinski definition) is 2. The molecule has 2 rings (SSSR count). The molecule has 1 aromatic carbocycles. The number of carboxylic acid groups (broad SMARTS) is 1. The predicted octanol–water partition coefficient (Wildman–Crippen LogP) is 0.941. The lowest BCUT2D eigenvalue weighted by Crippen LogP contribution is -2.46. The molecule has 0 aromatic heterocycles. The summed E-state index contributed by atoms with van der Waals surface area (Å²) in [6.45, 7) is 3.34. The number of piperazine rings is 1. The summed E-state index contributed by atoms with van der Waals surface area (Å²) in [6, 6.07) is 2.57. The van der Waals surface area contributed by atoms with Crippen LogP contribution in [-0.4, -0.2) is 50.0 Å². The maximum Gasteiger partial charge on any atom is 0.336 e. The molecule has 0 bridgehead atoms. The Bertz CT molecular complexity index is 639. The van der Waals surface area contributed by atoms with Crippen molar-refractivity contribution in [1.29, 1.82) is 0 Å². The third-order valence-corrected chi connectivity index (χ3v) is 5.49. The van der Waals surface area contributed by atoms with Crippen LogP contribution >= 0.6 is 11.6 Å². The topological polar surface area (TPSA) is 86.7 Å². The molecule has 1 fully saturated rings. The molecule has 2 N–H and O–H groups in total. The number of nitrogens with zero attached hydrogens (tertiary/aromatic N) is 1. The summed E-state index contributed by atoms with van der Waals surface area (Å²) in [5.41, 5.74) is 0.117. The highest BCUT2D eigenvalue weighted by Crippen LogP contribution is 2.27. The van der Waals surface area contributed by atoms with Crippen LogP contribution in [0.3, 0.4) is 0 Å². The maximum absolute atomic E-state index is 12.6. The van der Waals surface area contributed by atoms with E-state index in [1.54, 1.807) is 0 Å². The average Bonchev–Trinajstić information content (AvgIpc) is 2.41. The van der Waals surface area contributed by atoms with Crippen molar-refractivity contribution in [1.82, 2.24) is 9.62 Å². The van der Waals surface area contributed by atoms with Gasteiger partial charge >= 0.3 is 5.97 Å². The number of aromatic carboxylic acids is 1. The molecule has 6 nitrogen and oxygen atoms in total. The van der Waals surface area contributed by atoms with Gasteiger partial charge in [-0.3, -0.25) is 0 Å². The summed E-state index contributed by atoms with van der Waals surface area (Å²) < 4.78 is 26.5. The van der Waals surface area contributed by atoms with Crippen LogP contribution < -0.4 is 5.32 Å². The van der Waals surface area contributed by atoms with Crippen LogP contribution in [-0.2, 0) is 10.0 Å². The summed E-state index contributed by atoms with van der Waals surface area (Å²) in [6.07, 6.45) is 0. The predicted molar refractivity (Wildman–Crippen MR) is 74.8 cm³/mol. The van der Waals surface area contributed by atoms with E-state index in [0.29, 0.717) is 26.2 Å². The molecule has 1 heterocycles. The van der Waals surface area contributed by atoms with Crippen LogP contribution in [0, 0.1) is 6.92 Å². The van der Waals surface area contributed by atoms with Crippen molar-refractivity contribution in [2.75, 3.05) is 26.2 Å². The van der Waals surface area contributed by atoms with Crippen molar-refractivity contribution in [3.63, 3.8) is 0 Å². The fourth-order valence-corrected chi connectivity index (χ4v) is 4.17. The van der Waals surface area contributed by atoms with Crippen LogP contribution in [0.4, 0.5) is 0 Å². The van der Waals surface area contributed by atoms with Crippen molar-refractivity contribution in [2.24, 2.45) is 0 Å². The SMILES string of the molecule is Cc1c(C(=O)O)cc(Cl)cc1S(=O)(=O)N1CCNCC1. The van der Waals surface area contributed by atoms with E-state index in [0.717, 1.165) is 0 Å². The van der Waals surface area contributed by atoms with E-state index in [1.807, 2.05) is 0 Å². The molecule has 1 aliphatic rings. The fraction of sp³-hybridized carbons (Fsp3) is 0.417. The van der Waals surface area contributed by atoms with Gasteiger partial charge in [0.1, 0.15) is 0 Å². The van der Waals surface area contributed by atoms with Crippen LogP contribution in [0.5, 0.6) is 0 Å². The van der Waals surface area contributed by atoms with Gasteiger partial charge in [0, 0.05) is 31.2 Å². The first-order valence-electron chi connectivity index (χ1n) is 6.08. The zero-order chi connectivity index (χ0) is 14.9. The third kappa shape index (κ3) is 2.80. The van der Waals surface area contributed by atoms with E-state index in [4.69, 9.17) is 16.7 Å². The second-order valence-corrected chi connectivity index (χ2v) is 6.88. The monoisotopic (exact) mass is 318 g/mol. The smallest absolute Gasteiger partial charge is 0.336 e. The average molecular weight is 319 g/mol. The Kier molecular flexibility index (Phi) is 4.33. The van der Waals surface area contributed by atoms with E-state index in [2.05, 4.69) is 5.32 Å². The van der Waals surface area contributed by atoms with Gasteiger partial charge in [-0.15, -0.1) is 0 Å². The summed E-state index contributed by atoms with van der Waals surface area (Å²) >= 11 is 5.85. The lowest BCUT2D eigenvalue weighted by atomic mass is 10.1. The first kappa shape index (κ1) is 15.2. The molecule has 1 saturated heterocycles. The van der Waals surface area contributed by atoms with Crippen LogP contribution in [0.15, 0.2) is 17.0 Å². The van der Waals surface area contributed by atoms with Gasteiger partial charge in [-0.2, -0.15) is 4.31 Å². The fourth-order valence-electron chi connectivity index (χ4n) is 2.17. The Morgan fingerprint density at radius 3 is 2.50 bits per heavy atom. The summed E-state index contributed by atoms with van der Waals surface area (Å²) in [5.74, 6) is -1.19. The molecule has 20 heavy (non-hydrogen) atoms. The van der Waals surface area contributed by atoms with Gasteiger partial charge in [0.05, 0.1) is 10.5 Å². The van der Waals surface area contributed by atoms with Gasteiger partial charge in [-0.25, -0.2) is 13.2 Å². The second-order valence-electron chi connectivity index (χ2n) is 4.54. The molecule has 0 atom stereocenters. The molecule has 0 radical (unpaired) electrons. The summed E-state index contributed by atoms with van der Waals surface area (Å²) in [7, 11) is -3.73. The standard InChI is InChI=1S/C12H15ClN2O4S/c1-8-10(12(16)17)6-9(13)7-11(8)20(18,19)15-4-2-14-3-5-15/h6-7,14H,2-5H2,1H3,(H,16,17). The van der Waals surface area contributed by atoms with Crippen molar-refractivity contribution in [2.45, 2.75) is 11.8 Å². The minimum atomic E-state index is -3.73. The number of halogens is 1. The van der Waals surface area contributed by atoms with E-state index in [9.17, 15) is 13.2 Å². The van der Waals surface area contributed by atoms with Crippen LogP contribution in [0.2, 0.25) is 5.02 Å². The summed E-state index contributed by atoms with van der Waals surface area (Å²) in [4.78, 5) is 11.1. The minimum Gasteiger partial charge on any atom is -0.478 e. The summed E-state index contributed by atoms with van der Waals surface area (Å²) in [5, 5.41) is 12.3. The number of hydrogen-bond acceptors (Lipinski definition) is 4.